The molecule has 4 N–H and O–H groups in total. The third-order valence-electron chi connectivity index (χ3n) is 6.96. The minimum Gasteiger partial charge on any atom is -0.496 e. The number of hydrogen-bond acceptors (Lipinski definition) is 9. The van der Waals surface area contributed by atoms with E-state index in [0.29, 0.717) is 23.1 Å². The smallest absolute Gasteiger partial charge is 0.168 e. The molecule has 204 valence electrons. The lowest BCUT2D eigenvalue weighted by atomic mass is 10.0. The second-order valence-electron chi connectivity index (χ2n) is 9.79. The quantitative estimate of drug-likeness (QED) is 0.409. The van der Waals surface area contributed by atoms with E-state index in [9.17, 15) is 9.50 Å². The number of methoxy groups -OCH3 is 1. The number of piperidine rings is 1. The number of hydrogen-bond donors (Lipinski definition) is 3. The highest BCUT2D eigenvalue weighted by Crippen LogP contribution is 2.33. The molecule has 2 aromatic heterocycles. The van der Waals surface area contributed by atoms with Crippen molar-refractivity contribution in [1.29, 1.82) is 0 Å². The lowest BCUT2D eigenvalue weighted by Crippen LogP contribution is -2.43. The zero-order valence-corrected chi connectivity index (χ0v) is 22.0. The number of aromatic nitrogens is 3. The maximum Gasteiger partial charge on any atom is 0.168 e. The van der Waals surface area contributed by atoms with Crippen molar-refractivity contribution in [3.8, 4) is 29.0 Å². The molecule has 5 rings (SSSR count). The summed E-state index contributed by atoms with van der Waals surface area (Å²) in [4.78, 5) is 15.6. The number of anilines is 3. The Morgan fingerprint density at radius 3 is 2.82 bits per heavy atom. The van der Waals surface area contributed by atoms with Crippen molar-refractivity contribution in [2.75, 3.05) is 43.6 Å². The van der Waals surface area contributed by atoms with E-state index in [1.165, 1.54) is 13.2 Å². The molecule has 0 unspecified atom stereocenters. The fourth-order valence-electron chi connectivity index (χ4n) is 4.91. The molecule has 0 radical (unpaired) electrons. The molecule has 2 fully saturated rings. The van der Waals surface area contributed by atoms with E-state index in [-0.39, 0.29) is 29.8 Å². The minimum absolute atomic E-state index is 0.103. The number of nitrogens with zero attached hydrogens (tertiary/aromatic N) is 4. The van der Waals surface area contributed by atoms with Crippen LogP contribution in [0.25, 0.3) is 11.4 Å². The zero-order chi connectivity index (χ0) is 27.2. The van der Waals surface area contributed by atoms with Gasteiger partial charge >= 0.3 is 0 Å². The molecule has 39 heavy (non-hydrogen) atoms. The SMILES string of the molecule is COc1cc(CO)cc(F)c1-c1nccc(Nc2cc(N3CCC[C@H](N)C3)c(C#CC3CCOCC3)cn2)n1. The second kappa shape index (κ2) is 12.4. The first-order valence-electron chi connectivity index (χ1n) is 13.2. The standard InChI is InChI=1S/C29H33FN6O3/c1-38-25-14-20(18-37)13-23(30)28(25)29-32-9-6-26(35-29)34-27-15-24(36-10-2-3-22(31)17-36)21(16-33-27)5-4-19-7-11-39-12-8-19/h6,9,13-16,19,22,37H,2-3,7-8,10-12,17-18,31H2,1H3,(H,32,33,34,35)/t22-/m0/s1. The first-order chi connectivity index (χ1) is 19.0. The predicted molar refractivity (Wildman–Crippen MR) is 147 cm³/mol. The van der Waals surface area contributed by atoms with Gasteiger partial charge in [0.2, 0.25) is 0 Å². The van der Waals surface area contributed by atoms with E-state index in [1.54, 1.807) is 24.5 Å². The Morgan fingerprint density at radius 2 is 2.05 bits per heavy atom. The van der Waals surface area contributed by atoms with Gasteiger partial charge in [-0.15, -0.1) is 0 Å². The third-order valence-corrected chi connectivity index (χ3v) is 6.96. The first-order valence-corrected chi connectivity index (χ1v) is 13.2. The molecule has 3 aromatic rings. The Bertz CT molecular complexity index is 1370. The molecule has 4 heterocycles. The molecule has 0 saturated carbocycles. The maximum absolute atomic E-state index is 14.9. The van der Waals surface area contributed by atoms with E-state index >= 15 is 0 Å². The molecule has 0 aliphatic carbocycles. The Morgan fingerprint density at radius 1 is 1.21 bits per heavy atom. The molecule has 9 nitrogen and oxygen atoms in total. The molecule has 0 amide bonds. The summed E-state index contributed by atoms with van der Waals surface area (Å²) in [5.41, 5.74) is 8.65. The predicted octanol–water partition coefficient (Wildman–Crippen LogP) is 3.63. The number of nitrogens with one attached hydrogen (secondary N) is 1. The molecular formula is C29H33FN6O3. The van der Waals surface area contributed by atoms with Gasteiger partial charge in [0.1, 0.15) is 23.2 Å². The minimum atomic E-state index is -0.579. The average Bonchev–Trinajstić information content (AvgIpc) is 2.96. The van der Waals surface area contributed by atoms with Gasteiger partial charge in [0.15, 0.2) is 5.82 Å². The van der Waals surface area contributed by atoms with Gasteiger partial charge < -0.3 is 30.5 Å². The van der Waals surface area contributed by atoms with Crippen LogP contribution in [0.4, 0.5) is 21.7 Å². The Kier molecular flexibility index (Phi) is 8.51. The number of aliphatic hydroxyl groups excluding tert-OH is 1. The van der Waals surface area contributed by atoms with Crippen LogP contribution in [0.3, 0.4) is 0 Å². The largest absolute Gasteiger partial charge is 0.496 e. The van der Waals surface area contributed by atoms with Crippen LogP contribution in [0.2, 0.25) is 0 Å². The summed E-state index contributed by atoms with van der Waals surface area (Å²) < 4.78 is 25.7. The Balaban J connectivity index is 1.44. The number of benzene rings is 1. The van der Waals surface area contributed by atoms with Crippen molar-refractivity contribution in [2.45, 2.75) is 38.3 Å². The van der Waals surface area contributed by atoms with Crippen LogP contribution in [0, 0.1) is 23.6 Å². The van der Waals surface area contributed by atoms with Crippen LogP contribution in [0.5, 0.6) is 5.75 Å². The molecule has 10 heteroatoms. The monoisotopic (exact) mass is 532 g/mol. The number of aliphatic hydroxyl groups is 1. The van der Waals surface area contributed by atoms with Gasteiger partial charge in [-0.2, -0.15) is 0 Å². The third kappa shape index (κ3) is 6.45. The number of halogens is 1. The lowest BCUT2D eigenvalue weighted by Gasteiger charge is -2.33. The van der Waals surface area contributed by atoms with Crippen molar-refractivity contribution in [3.63, 3.8) is 0 Å². The molecule has 2 aliphatic rings. The number of nitrogens with two attached hydrogens (primary N) is 1. The summed E-state index contributed by atoms with van der Waals surface area (Å²) in [7, 11) is 1.44. The van der Waals surface area contributed by atoms with Crippen LogP contribution < -0.4 is 20.7 Å². The summed E-state index contributed by atoms with van der Waals surface area (Å²) in [6, 6.07) is 6.57. The van der Waals surface area contributed by atoms with Gasteiger partial charge in [-0.3, -0.25) is 0 Å². The van der Waals surface area contributed by atoms with Crippen molar-refractivity contribution in [1.82, 2.24) is 15.0 Å². The van der Waals surface area contributed by atoms with Gasteiger partial charge in [0.05, 0.1) is 30.5 Å². The Labute approximate surface area is 227 Å². The van der Waals surface area contributed by atoms with Crippen molar-refractivity contribution in [3.05, 3.63) is 53.6 Å². The van der Waals surface area contributed by atoms with Gasteiger partial charge in [-0.1, -0.05) is 11.8 Å². The van der Waals surface area contributed by atoms with E-state index in [2.05, 4.69) is 37.0 Å². The summed E-state index contributed by atoms with van der Waals surface area (Å²) >= 11 is 0. The first kappa shape index (κ1) is 26.8. The van der Waals surface area contributed by atoms with E-state index < -0.39 is 5.82 Å². The Hall–Kier alpha value is -3.78. The normalized spacial score (nSPS) is 17.8. The molecule has 1 atom stereocenters. The van der Waals surface area contributed by atoms with Gasteiger partial charge in [-0.25, -0.2) is 19.3 Å². The highest BCUT2D eigenvalue weighted by Gasteiger charge is 2.21. The van der Waals surface area contributed by atoms with E-state index in [1.807, 2.05) is 6.07 Å². The van der Waals surface area contributed by atoms with Crippen LogP contribution >= 0.6 is 0 Å². The number of ether oxygens (including phenoxy) is 2. The molecule has 2 aliphatic heterocycles. The topological polar surface area (TPSA) is 119 Å². The van der Waals surface area contributed by atoms with E-state index in [4.69, 9.17) is 15.2 Å². The van der Waals surface area contributed by atoms with Crippen molar-refractivity contribution in [2.24, 2.45) is 11.7 Å². The zero-order valence-electron chi connectivity index (χ0n) is 22.0. The average molecular weight is 533 g/mol. The molecule has 1 aromatic carbocycles. The molecular weight excluding hydrogens is 499 g/mol. The van der Waals surface area contributed by atoms with Crippen LogP contribution in [0.1, 0.15) is 36.8 Å². The lowest BCUT2D eigenvalue weighted by molar-refractivity contribution is 0.0807. The molecule has 0 bridgehead atoms. The van der Waals surface area contributed by atoms with Gasteiger partial charge in [-0.05, 0) is 49.4 Å². The van der Waals surface area contributed by atoms with Gasteiger partial charge in [0, 0.05) is 56.7 Å². The van der Waals surface area contributed by atoms with Crippen LogP contribution in [-0.4, -0.2) is 59.5 Å². The second-order valence-corrected chi connectivity index (χ2v) is 9.79. The summed E-state index contributed by atoms with van der Waals surface area (Å²) in [6.07, 6.45) is 7.21. The molecule has 2 saturated heterocycles. The number of rotatable bonds is 6. The highest BCUT2D eigenvalue weighted by molar-refractivity contribution is 5.69. The van der Waals surface area contributed by atoms with Crippen molar-refractivity contribution >= 4 is 17.3 Å². The van der Waals surface area contributed by atoms with Gasteiger partial charge in [0.25, 0.3) is 0 Å². The fourth-order valence-corrected chi connectivity index (χ4v) is 4.91. The maximum atomic E-state index is 14.9. The summed E-state index contributed by atoms with van der Waals surface area (Å²) in [5.74, 6) is 7.94. The van der Waals surface area contributed by atoms with E-state index in [0.717, 1.165) is 63.2 Å². The summed E-state index contributed by atoms with van der Waals surface area (Å²) in [6.45, 7) is 2.83. The fraction of sp³-hybridized carbons (Fsp3) is 0.414. The highest BCUT2D eigenvalue weighted by atomic mass is 19.1. The molecule has 0 spiro atoms. The van der Waals surface area contributed by atoms with Crippen LogP contribution in [-0.2, 0) is 11.3 Å². The van der Waals surface area contributed by atoms with Crippen LogP contribution in [0.15, 0.2) is 36.7 Å². The van der Waals surface area contributed by atoms with Crippen molar-refractivity contribution < 1.29 is 19.0 Å². The number of pyridine rings is 1. The summed E-state index contributed by atoms with van der Waals surface area (Å²) in [5, 5.41) is 12.6.